The number of hydrogen-bond acceptors (Lipinski definition) is 2. The highest BCUT2D eigenvalue weighted by molar-refractivity contribution is 6.08. The smallest absolute Gasteiger partial charge is 0.279 e. The molecule has 0 radical (unpaired) electrons. The molecule has 1 N–H and O–H groups in total. The van der Waals surface area contributed by atoms with Crippen LogP contribution in [0, 0.1) is 18.6 Å². The Hall–Kier alpha value is -3.58. The first-order valence-corrected chi connectivity index (χ1v) is 11.8. The molecule has 1 saturated heterocycles. The number of nitrogens with one attached hydrogen (secondary N) is 1. The van der Waals surface area contributed by atoms with Crippen molar-refractivity contribution in [2.75, 3.05) is 36.9 Å². The van der Waals surface area contributed by atoms with E-state index in [4.69, 9.17) is 0 Å². The van der Waals surface area contributed by atoms with Gasteiger partial charge in [0.15, 0.2) is 6.54 Å². The predicted molar refractivity (Wildman–Crippen MR) is 131 cm³/mol. The third-order valence-electron chi connectivity index (χ3n) is 7.20. The van der Waals surface area contributed by atoms with Crippen molar-refractivity contribution in [1.82, 2.24) is 0 Å². The molecule has 2 amide bonds. The van der Waals surface area contributed by atoms with Crippen molar-refractivity contribution in [3.8, 4) is 0 Å². The summed E-state index contributed by atoms with van der Waals surface area (Å²) in [6.07, 6.45) is 0.742. The van der Waals surface area contributed by atoms with Crippen LogP contribution in [-0.2, 0) is 4.79 Å². The van der Waals surface area contributed by atoms with Crippen LogP contribution >= 0.6 is 0 Å². The minimum absolute atomic E-state index is 0.0179. The molecule has 5 nitrogen and oxygen atoms in total. The van der Waals surface area contributed by atoms with E-state index in [-0.39, 0.29) is 42.0 Å². The number of benzene rings is 3. The van der Waals surface area contributed by atoms with Crippen LogP contribution in [0.2, 0.25) is 0 Å². The summed E-state index contributed by atoms with van der Waals surface area (Å²) < 4.78 is 27.2. The molecule has 2 aliphatic heterocycles. The minimum atomic E-state index is -0.374. The second kappa shape index (κ2) is 8.89. The minimum Gasteiger partial charge on any atom is -0.321 e. The van der Waals surface area contributed by atoms with Gasteiger partial charge >= 0.3 is 0 Å². The molecule has 180 valence electrons. The average molecular weight is 477 g/mol. The summed E-state index contributed by atoms with van der Waals surface area (Å²) in [5.41, 5.74) is 4.15. The number of likely N-dealkylation sites (tertiary alicyclic amines) is 1. The maximum absolute atomic E-state index is 13.5. The Balaban J connectivity index is 1.38. The standard InChI is InChI=1S/C28H27F2N3O2/c1-18-3-12-25-23(15-18)24-16-33(2,17-27(34)31-22-10-8-21(30)9-11-22)14-13-26(24)32(25)28(35)19-4-6-20(29)7-5-19/h3-12,15,24,26H,13-14,16-17H2,1-2H3/p+1/t24-,26+,33-/m0/s1. The van der Waals surface area contributed by atoms with Gasteiger partial charge in [-0.05, 0) is 67.1 Å². The van der Waals surface area contributed by atoms with Crippen LogP contribution in [0.4, 0.5) is 20.2 Å². The molecule has 0 unspecified atom stereocenters. The van der Waals surface area contributed by atoms with Crippen LogP contribution in [0.5, 0.6) is 0 Å². The molecular weight excluding hydrogens is 448 g/mol. The molecule has 7 heteroatoms. The van der Waals surface area contributed by atoms with Crippen molar-refractivity contribution in [2.24, 2.45) is 0 Å². The molecule has 0 aliphatic carbocycles. The van der Waals surface area contributed by atoms with Gasteiger partial charge in [0.1, 0.15) is 11.6 Å². The van der Waals surface area contributed by atoms with E-state index in [9.17, 15) is 18.4 Å². The number of fused-ring (bicyclic) bond motifs is 3. The van der Waals surface area contributed by atoms with Gasteiger partial charge in [0.25, 0.3) is 11.8 Å². The molecule has 5 rings (SSSR count). The van der Waals surface area contributed by atoms with Crippen molar-refractivity contribution in [3.05, 3.63) is 95.1 Å². The number of carbonyl (C=O) groups is 2. The lowest BCUT2D eigenvalue weighted by atomic mass is 9.87. The molecular formula is C28H28F2N3O2+. The lowest BCUT2D eigenvalue weighted by Gasteiger charge is -2.43. The summed E-state index contributed by atoms with van der Waals surface area (Å²) in [6.45, 7) is 3.77. The fraction of sp³-hybridized carbons (Fsp3) is 0.286. The molecule has 0 bridgehead atoms. The summed E-state index contributed by atoms with van der Waals surface area (Å²) in [5, 5.41) is 2.87. The number of likely N-dealkylation sites (N-methyl/N-ethyl adjacent to an activating group) is 1. The molecule has 1 fully saturated rings. The van der Waals surface area contributed by atoms with Gasteiger partial charge in [-0.1, -0.05) is 17.7 Å². The van der Waals surface area contributed by atoms with E-state index < -0.39 is 0 Å². The average Bonchev–Trinajstić information content (AvgIpc) is 3.12. The SMILES string of the molecule is Cc1ccc2c(c1)[C@@H]1C[N@@+](C)(CC(=O)Nc3ccc(F)cc3)CC[C@H]1N2C(=O)c1ccc(F)cc1. The first kappa shape index (κ1) is 23.2. The maximum atomic E-state index is 13.5. The number of anilines is 2. The van der Waals surface area contributed by atoms with Crippen molar-refractivity contribution in [1.29, 1.82) is 0 Å². The Morgan fingerprint density at radius 3 is 2.34 bits per heavy atom. The Morgan fingerprint density at radius 1 is 1.00 bits per heavy atom. The summed E-state index contributed by atoms with van der Waals surface area (Å²) >= 11 is 0. The molecule has 2 aliphatic rings. The Bertz CT molecular complexity index is 1280. The number of quaternary nitrogens is 1. The first-order chi connectivity index (χ1) is 16.7. The second-order valence-corrected chi connectivity index (χ2v) is 9.95. The molecule has 0 spiro atoms. The molecule has 0 saturated carbocycles. The first-order valence-electron chi connectivity index (χ1n) is 11.8. The zero-order valence-electron chi connectivity index (χ0n) is 19.8. The van der Waals surface area contributed by atoms with E-state index in [1.165, 1.54) is 36.4 Å². The van der Waals surface area contributed by atoms with E-state index in [0.29, 0.717) is 22.3 Å². The van der Waals surface area contributed by atoms with Gasteiger partial charge in [0.2, 0.25) is 0 Å². The molecule has 3 atom stereocenters. The number of aryl methyl sites for hydroxylation is 1. The number of nitrogens with zero attached hydrogens (tertiary/aromatic N) is 2. The van der Waals surface area contributed by atoms with Crippen molar-refractivity contribution in [3.63, 3.8) is 0 Å². The predicted octanol–water partition coefficient (Wildman–Crippen LogP) is 4.87. The van der Waals surface area contributed by atoms with Gasteiger partial charge < -0.3 is 14.7 Å². The van der Waals surface area contributed by atoms with Crippen molar-refractivity contribution < 1.29 is 22.9 Å². The topological polar surface area (TPSA) is 49.4 Å². The number of rotatable bonds is 4. The van der Waals surface area contributed by atoms with E-state index >= 15 is 0 Å². The largest absolute Gasteiger partial charge is 0.321 e. The highest BCUT2D eigenvalue weighted by Gasteiger charge is 2.49. The summed E-state index contributed by atoms with van der Waals surface area (Å²) in [7, 11) is 2.07. The third kappa shape index (κ3) is 4.56. The van der Waals surface area contributed by atoms with Gasteiger partial charge in [-0.3, -0.25) is 9.59 Å². The quantitative estimate of drug-likeness (QED) is 0.546. The zero-order valence-corrected chi connectivity index (χ0v) is 19.8. The summed E-state index contributed by atoms with van der Waals surface area (Å²) in [4.78, 5) is 28.2. The maximum Gasteiger partial charge on any atom is 0.279 e. The highest BCUT2D eigenvalue weighted by Crippen LogP contribution is 2.47. The van der Waals surface area contributed by atoms with Gasteiger partial charge in [0, 0.05) is 23.4 Å². The molecule has 2 heterocycles. The monoisotopic (exact) mass is 476 g/mol. The molecule has 3 aromatic rings. The Kier molecular flexibility index (Phi) is 5.89. The number of carbonyl (C=O) groups excluding carboxylic acids is 2. The van der Waals surface area contributed by atoms with E-state index in [0.717, 1.165) is 29.8 Å². The molecule has 35 heavy (non-hydrogen) atoms. The Labute approximate surface area is 203 Å². The van der Waals surface area contributed by atoms with Crippen LogP contribution in [0.1, 0.15) is 33.8 Å². The van der Waals surface area contributed by atoms with Crippen LogP contribution < -0.4 is 10.2 Å². The van der Waals surface area contributed by atoms with Crippen LogP contribution in [0.25, 0.3) is 0 Å². The van der Waals surface area contributed by atoms with Gasteiger partial charge in [-0.15, -0.1) is 0 Å². The fourth-order valence-electron chi connectivity index (χ4n) is 5.53. The third-order valence-corrected chi connectivity index (χ3v) is 7.20. The van der Waals surface area contributed by atoms with E-state index in [2.05, 4.69) is 18.4 Å². The number of hydrogen-bond donors (Lipinski definition) is 1. The lowest BCUT2D eigenvalue weighted by Crippen LogP contribution is -2.58. The second-order valence-electron chi connectivity index (χ2n) is 9.95. The van der Waals surface area contributed by atoms with E-state index in [1.807, 2.05) is 24.0 Å². The van der Waals surface area contributed by atoms with Crippen LogP contribution in [0.3, 0.4) is 0 Å². The summed E-state index contributed by atoms with van der Waals surface area (Å²) in [6, 6.07) is 17.5. The zero-order chi connectivity index (χ0) is 24.7. The van der Waals surface area contributed by atoms with Crippen molar-refractivity contribution in [2.45, 2.75) is 25.3 Å². The number of amides is 2. The van der Waals surface area contributed by atoms with Crippen molar-refractivity contribution >= 4 is 23.2 Å². The lowest BCUT2D eigenvalue weighted by molar-refractivity contribution is -0.907. The Morgan fingerprint density at radius 2 is 1.66 bits per heavy atom. The molecule has 0 aromatic heterocycles. The van der Waals surface area contributed by atoms with E-state index in [1.54, 1.807) is 12.1 Å². The van der Waals surface area contributed by atoms with Gasteiger partial charge in [0.05, 0.1) is 32.1 Å². The normalized spacial score (nSPS) is 22.9. The number of piperidine rings is 1. The van der Waals surface area contributed by atoms with Gasteiger partial charge in [-0.2, -0.15) is 0 Å². The van der Waals surface area contributed by atoms with Gasteiger partial charge in [-0.25, -0.2) is 8.78 Å². The summed E-state index contributed by atoms with van der Waals surface area (Å²) in [5.74, 6) is -0.890. The number of halogens is 2. The highest BCUT2D eigenvalue weighted by atomic mass is 19.1. The van der Waals surface area contributed by atoms with Crippen LogP contribution in [0.15, 0.2) is 66.7 Å². The molecule has 3 aromatic carbocycles. The fourth-order valence-corrected chi connectivity index (χ4v) is 5.53. The van der Waals surface area contributed by atoms with Crippen LogP contribution in [-0.4, -0.2) is 49.0 Å².